The van der Waals surface area contributed by atoms with Crippen LogP contribution in [0.25, 0.3) is 0 Å². The maximum atomic E-state index is 13.7. The van der Waals surface area contributed by atoms with Gasteiger partial charge in [-0.1, -0.05) is 67.6 Å². The lowest BCUT2D eigenvalue weighted by Crippen LogP contribution is -2.53. The van der Waals surface area contributed by atoms with Gasteiger partial charge < -0.3 is 10.2 Å². The minimum atomic E-state index is -3.93. The molecule has 0 spiro atoms. The SMILES string of the molecule is CC[C@@H](C(=O)NC1CCCCC1)N(Cc1cccc(C)c1)C(=O)CN(c1ccc(F)c(Cl)c1)S(C)(=O)=O. The molecule has 0 aliphatic heterocycles. The van der Waals surface area contributed by atoms with Gasteiger partial charge in [0.2, 0.25) is 21.8 Å². The van der Waals surface area contributed by atoms with Crippen molar-refractivity contribution in [1.82, 2.24) is 10.2 Å². The van der Waals surface area contributed by atoms with Crippen molar-refractivity contribution < 1.29 is 22.4 Å². The molecule has 1 atom stereocenters. The molecular weight excluding hydrogens is 517 g/mol. The molecule has 3 rings (SSSR count). The Morgan fingerprint density at radius 2 is 1.84 bits per heavy atom. The molecule has 0 heterocycles. The highest BCUT2D eigenvalue weighted by Gasteiger charge is 2.33. The molecule has 1 fully saturated rings. The Hall–Kier alpha value is -2.65. The summed E-state index contributed by atoms with van der Waals surface area (Å²) in [5, 5.41) is 2.85. The standard InChI is InChI=1S/C27H35ClFN3O4S/c1-4-25(27(34)30-21-11-6-5-7-12-21)31(17-20-10-8-9-19(2)15-20)26(33)18-32(37(3,35)36)22-13-14-24(29)23(28)16-22/h8-10,13-16,21,25H,4-7,11-12,17-18H2,1-3H3,(H,30,34)/t25-/m0/s1. The van der Waals surface area contributed by atoms with E-state index in [4.69, 9.17) is 11.6 Å². The van der Waals surface area contributed by atoms with Crippen molar-refractivity contribution >= 4 is 39.1 Å². The Balaban J connectivity index is 1.93. The minimum Gasteiger partial charge on any atom is -0.352 e. The van der Waals surface area contributed by atoms with Gasteiger partial charge in [-0.15, -0.1) is 0 Å². The number of hydrogen-bond acceptors (Lipinski definition) is 4. The molecule has 2 aromatic rings. The van der Waals surface area contributed by atoms with Gasteiger partial charge in [0.15, 0.2) is 0 Å². The van der Waals surface area contributed by atoms with E-state index in [2.05, 4.69) is 5.32 Å². The predicted octanol–water partition coefficient (Wildman–Crippen LogP) is 4.81. The van der Waals surface area contributed by atoms with E-state index in [0.717, 1.165) is 59.9 Å². The lowest BCUT2D eigenvalue weighted by molar-refractivity contribution is -0.140. The highest BCUT2D eigenvalue weighted by molar-refractivity contribution is 7.92. The number of halogens is 2. The number of sulfonamides is 1. The zero-order chi connectivity index (χ0) is 27.2. The summed E-state index contributed by atoms with van der Waals surface area (Å²) in [4.78, 5) is 28.6. The Bertz CT molecular complexity index is 1220. The number of nitrogens with one attached hydrogen (secondary N) is 1. The summed E-state index contributed by atoms with van der Waals surface area (Å²) in [5.41, 5.74) is 1.90. The van der Waals surface area contributed by atoms with E-state index >= 15 is 0 Å². The van der Waals surface area contributed by atoms with Crippen LogP contribution >= 0.6 is 11.6 Å². The zero-order valence-corrected chi connectivity index (χ0v) is 23.1. The number of amides is 2. The number of nitrogens with zero attached hydrogens (tertiary/aromatic N) is 2. The number of benzene rings is 2. The second kappa shape index (κ2) is 12.7. The number of rotatable bonds is 10. The van der Waals surface area contributed by atoms with Gasteiger partial charge in [0.1, 0.15) is 18.4 Å². The number of carbonyl (C=O) groups is 2. The Morgan fingerprint density at radius 3 is 2.43 bits per heavy atom. The van der Waals surface area contributed by atoms with Crippen LogP contribution in [-0.2, 0) is 26.2 Å². The van der Waals surface area contributed by atoms with Crippen LogP contribution in [0.15, 0.2) is 42.5 Å². The maximum Gasteiger partial charge on any atom is 0.244 e. The fourth-order valence-corrected chi connectivity index (χ4v) is 5.74. The van der Waals surface area contributed by atoms with Gasteiger partial charge >= 0.3 is 0 Å². The molecule has 0 unspecified atom stereocenters. The summed E-state index contributed by atoms with van der Waals surface area (Å²) in [7, 11) is -3.93. The fraction of sp³-hybridized carbons (Fsp3) is 0.481. The number of carbonyl (C=O) groups excluding carboxylic acids is 2. The molecule has 1 aliphatic rings. The van der Waals surface area contributed by atoms with E-state index < -0.39 is 34.3 Å². The molecule has 0 saturated heterocycles. The lowest BCUT2D eigenvalue weighted by Gasteiger charge is -2.34. The molecule has 1 N–H and O–H groups in total. The Labute approximate surface area is 224 Å². The number of anilines is 1. The van der Waals surface area contributed by atoms with Crippen molar-refractivity contribution in [3.05, 3.63) is 64.4 Å². The van der Waals surface area contributed by atoms with Crippen molar-refractivity contribution in [2.45, 2.75) is 71.0 Å². The molecular formula is C27H35ClFN3O4S. The molecule has 202 valence electrons. The van der Waals surface area contributed by atoms with Crippen LogP contribution in [0.3, 0.4) is 0 Å². The van der Waals surface area contributed by atoms with E-state index in [1.54, 1.807) is 0 Å². The largest absolute Gasteiger partial charge is 0.352 e. The summed E-state index contributed by atoms with van der Waals surface area (Å²) < 4.78 is 40.0. The summed E-state index contributed by atoms with van der Waals surface area (Å²) in [6, 6.07) is 10.4. The molecule has 0 aromatic heterocycles. The quantitative estimate of drug-likeness (QED) is 0.459. The van der Waals surface area contributed by atoms with Crippen molar-refractivity contribution in [3.63, 3.8) is 0 Å². The fourth-order valence-electron chi connectivity index (χ4n) is 4.72. The molecule has 2 amide bonds. The second-order valence-corrected chi connectivity index (χ2v) is 12.0. The van der Waals surface area contributed by atoms with Crippen molar-refractivity contribution in [3.8, 4) is 0 Å². The summed E-state index contributed by atoms with van der Waals surface area (Å²) in [6.07, 6.45) is 6.39. The Kier molecular flexibility index (Phi) is 9.95. The molecule has 2 aromatic carbocycles. The summed E-state index contributed by atoms with van der Waals surface area (Å²) >= 11 is 5.89. The van der Waals surface area contributed by atoms with Gasteiger partial charge in [0.25, 0.3) is 0 Å². The van der Waals surface area contributed by atoms with Gasteiger partial charge in [0, 0.05) is 12.6 Å². The van der Waals surface area contributed by atoms with E-state index in [1.165, 1.54) is 17.0 Å². The lowest BCUT2D eigenvalue weighted by atomic mass is 9.95. The second-order valence-electron chi connectivity index (χ2n) is 9.65. The van der Waals surface area contributed by atoms with Crippen LogP contribution in [0, 0.1) is 12.7 Å². The normalized spacial score (nSPS) is 15.2. The van der Waals surface area contributed by atoms with E-state index in [0.29, 0.717) is 6.42 Å². The average molecular weight is 552 g/mol. The first-order chi connectivity index (χ1) is 17.5. The third kappa shape index (κ3) is 7.92. The topological polar surface area (TPSA) is 86.8 Å². The van der Waals surface area contributed by atoms with E-state index in [1.807, 2.05) is 38.1 Å². The van der Waals surface area contributed by atoms with Crippen LogP contribution in [0.2, 0.25) is 5.02 Å². The van der Waals surface area contributed by atoms with Crippen LogP contribution in [0.4, 0.5) is 10.1 Å². The zero-order valence-electron chi connectivity index (χ0n) is 21.5. The van der Waals surface area contributed by atoms with Crippen LogP contribution < -0.4 is 9.62 Å². The molecule has 1 aliphatic carbocycles. The molecule has 1 saturated carbocycles. The van der Waals surface area contributed by atoms with Gasteiger partial charge in [-0.25, -0.2) is 12.8 Å². The third-order valence-electron chi connectivity index (χ3n) is 6.64. The number of aryl methyl sites for hydroxylation is 1. The van der Waals surface area contributed by atoms with Crippen LogP contribution in [0.1, 0.15) is 56.6 Å². The van der Waals surface area contributed by atoms with Crippen molar-refractivity contribution in [2.75, 3.05) is 17.1 Å². The van der Waals surface area contributed by atoms with E-state index in [-0.39, 0.29) is 29.2 Å². The van der Waals surface area contributed by atoms with Gasteiger partial charge in [-0.3, -0.25) is 13.9 Å². The predicted molar refractivity (Wildman–Crippen MR) is 144 cm³/mol. The van der Waals surface area contributed by atoms with E-state index in [9.17, 15) is 22.4 Å². The minimum absolute atomic E-state index is 0.0671. The third-order valence-corrected chi connectivity index (χ3v) is 8.07. The molecule has 0 radical (unpaired) electrons. The average Bonchev–Trinajstić information content (AvgIpc) is 2.84. The molecule has 7 nitrogen and oxygen atoms in total. The summed E-state index contributed by atoms with van der Waals surface area (Å²) in [6.45, 7) is 3.35. The number of hydrogen-bond donors (Lipinski definition) is 1. The maximum absolute atomic E-state index is 13.7. The van der Waals surface area contributed by atoms with Crippen molar-refractivity contribution in [2.24, 2.45) is 0 Å². The first-order valence-electron chi connectivity index (χ1n) is 12.6. The van der Waals surface area contributed by atoms with Crippen molar-refractivity contribution in [1.29, 1.82) is 0 Å². The highest BCUT2D eigenvalue weighted by Crippen LogP contribution is 2.25. The van der Waals surface area contributed by atoms with Gasteiger partial charge in [0.05, 0.1) is 17.0 Å². The molecule has 37 heavy (non-hydrogen) atoms. The van der Waals surface area contributed by atoms with Gasteiger partial charge in [-0.05, 0) is 49.9 Å². The molecule has 0 bridgehead atoms. The van der Waals surface area contributed by atoms with Crippen LogP contribution in [0.5, 0.6) is 0 Å². The molecule has 10 heteroatoms. The monoisotopic (exact) mass is 551 g/mol. The smallest absolute Gasteiger partial charge is 0.244 e. The highest BCUT2D eigenvalue weighted by atomic mass is 35.5. The van der Waals surface area contributed by atoms with Crippen LogP contribution in [-0.4, -0.2) is 50.0 Å². The van der Waals surface area contributed by atoms with Gasteiger partial charge in [-0.2, -0.15) is 0 Å². The Morgan fingerprint density at radius 1 is 1.14 bits per heavy atom. The first-order valence-corrected chi connectivity index (χ1v) is 14.8. The summed E-state index contributed by atoms with van der Waals surface area (Å²) in [5.74, 6) is -1.49. The first kappa shape index (κ1) is 28.9.